The van der Waals surface area contributed by atoms with Gasteiger partial charge in [-0.1, -0.05) is 0 Å². The zero-order valence-electron chi connectivity index (χ0n) is 17.7. The van der Waals surface area contributed by atoms with Crippen LogP contribution in [0.2, 0.25) is 0 Å². The lowest BCUT2D eigenvalue weighted by Crippen LogP contribution is -2.18. The first-order valence-corrected chi connectivity index (χ1v) is 9.07. The number of carbonyl (C=O) groups excluding carboxylic acids is 3. The summed E-state index contributed by atoms with van der Waals surface area (Å²) in [5, 5.41) is 0. The summed E-state index contributed by atoms with van der Waals surface area (Å²) in [5.74, 6) is -1.44. The van der Waals surface area contributed by atoms with Gasteiger partial charge < -0.3 is 14.5 Å². The minimum atomic E-state index is -0.524. The molecule has 0 radical (unpaired) electrons. The lowest BCUT2D eigenvalue weighted by Gasteiger charge is -2.17. The van der Waals surface area contributed by atoms with Crippen LogP contribution in [0.1, 0.15) is 70.3 Å². The highest BCUT2D eigenvalue weighted by Crippen LogP contribution is 2.27. The van der Waals surface area contributed by atoms with Crippen LogP contribution in [0, 0.1) is 48.5 Å². The number of aryl methyl sites for hydroxylation is 1. The van der Waals surface area contributed by atoms with Gasteiger partial charge in [-0.2, -0.15) is 0 Å². The van der Waals surface area contributed by atoms with Crippen molar-refractivity contribution in [2.75, 3.05) is 13.7 Å². The number of H-pyrrole nitrogens is 1. The van der Waals surface area contributed by atoms with Crippen LogP contribution in [0.25, 0.3) is 0 Å². The number of esters is 2. The number of Topliss-reactive ketones (excluding diaryl/α,β-unsaturated/α-hetero) is 1. The third-order valence-corrected chi connectivity index (χ3v) is 5.64. The van der Waals surface area contributed by atoms with E-state index in [2.05, 4.69) is 4.98 Å². The average Bonchev–Trinajstić information content (AvgIpc) is 2.96. The second-order valence-electron chi connectivity index (χ2n) is 7.12. The Morgan fingerprint density at radius 2 is 1.21 bits per heavy atom. The van der Waals surface area contributed by atoms with Crippen molar-refractivity contribution in [2.24, 2.45) is 0 Å². The normalized spacial score (nSPS) is 10.7. The predicted octanol–water partition coefficient (Wildman–Crippen LogP) is 4.00. The molecule has 1 heterocycles. The smallest absolute Gasteiger partial charge is 0.339 e. The molecule has 1 N–H and O–H groups in total. The Morgan fingerprint density at radius 1 is 0.714 bits per heavy atom. The molecule has 0 amide bonds. The molecule has 2 rings (SSSR count). The largest absolute Gasteiger partial charge is 0.465 e. The standard InChI is InChI=1S/C22H27NO5/c1-10-11(2)13(4)18(14(5)12(10)3)22(26)28-9-17(24)20-15(6)19(16(7)23-20)21(25)27-8/h23H,9H2,1-8H3. The summed E-state index contributed by atoms with van der Waals surface area (Å²) in [6, 6.07) is 0. The molecular formula is C22H27NO5. The molecule has 0 saturated heterocycles. The first-order chi connectivity index (χ1) is 13.0. The van der Waals surface area contributed by atoms with Crippen LogP contribution in [-0.4, -0.2) is 36.4 Å². The lowest BCUT2D eigenvalue weighted by molar-refractivity contribution is 0.0471. The number of methoxy groups -OCH3 is 1. The minimum Gasteiger partial charge on any atom is -0.465 e. The Hall–Kier alpha value is -2.89. The van der Waals surface area contributed by atoms with Crippen molar-refractivity contribution < 1.29 is 23.9 Å². The molecule has 0 fully saturated rings. The molecule has 0 bridgehead atoms. The zero-order valence-corrected chi connectivity index (χ0v) is 17.7. The Kier molecular flexibility index (Phi) is 6.12. The molecule has 6 nitrogen and oxygen atoms in total. The van der Waals surface area contributed by atoms with E-state index in [1.807, 2.05) is 34.6 Å². The lowest BCUT2D eigenvalue weighted by atomic mass is 9.90. The van der Waals surface area contributed by atoms with Crippen molar-refractivity contribution in [3.63, 3.8) is 0 Å². The van der Waals surface area contributed by atoms with E-state index in [0.717, 1.165) is 27.8 Å². The van der Waals surface area contributed by atoms with E-state index < -0.39 is 24.3 Å². The minimum absolute atomic E-state index is 0.246. The van der Waals surface area contributed by atoms with Crippen molar-refractivity contribution in [1.82, 2.24) is 4.98 Å². The second kappa shape index (κ2) is 8.00. The number of hydrogen-bond acceptors (Lipinski definition) is 5. The molecule has 150 valence electrons. The van der Waals surface area contributed by atoms with Gasteiger partial charge in [0.2, 0.25) is 5.78 Å². The topological polar surface area (TPSA) is 85.5 Å². The highest BCUT2D eigenvalue weighted by molar-refractivity contribution is 6.03. The van der Waals surface area contributed by atoms with Crippen molar-refractivity contribution in [3.8, 4) is 0 Å². The summed E-state index contributed by atoms with van der Waals surface area (Å²) < 4.78 is 10.1. The van der Waals surface area contributed by atoms with E-state index in [0.29, 0.717) is 22.4 Å². The number of ketones is 1. The number of aromatic amines is 1. The van der Waals surface area contributed by atoms with E-state index in [1.165, 1.54) is 7.11 Å². The molecule has 0 spiro atoms. The van der Waals surface area contributed by atoms with Gasteiger partial charge in [-0.25, -0.2) is 9.59 Å². The van der Waals surface area contributed by atoms with Crippen LogP contribution in [0.4, 0.5) is 0 Å². The molecule has 0 saturated carbocycles. The van der Waals surface area contributed by atoms with Gasteiger partial charge in [-0.3, -0.25) is 4.79 Å². The third-order valence-electron chi connectivity index (χ3n) is 5.64. The number of aromatic nitrogens is 1. The zero-order chi connectivity index (χ0) is 21.3. The van der Waals surface area contributed by atoms with Crippen LogP contribution in [0.5, 0.6) is 0 Å². The molecule has 0 aliphatic carbocycles. The summed E-state index contributed by atoms with van der Waals surface area (Å²) in [5.41, 5.74) is 7.05. The first kappa shape index (κ1) is 21.4. The molecule has 0 unspecified atom stereocenters. The summed E-state index contributed by atoms with van der Waals surface area (Å²) in [6.45, 7) is 12.7. The fourth-order valence-electron chi connectivity index (χ4n) is 3.52. The maximum atomic E-state index is 12.7. The van der Waals surface area contributed by atoms with Crippen molar-refractivity contribution in [1.29, 1.82) is 0 Å². The quantitative estimate of drug-likeness (QED) is 0.621. The van der Waals surface area contributed by atoms with Crippen molar-refractivity contribution in [2.45, 2.75) is 48.5 Å². The molecule has 1 aromatic heterocycles. The predicted molar refractivity (Wildman–Crippen MR) is 106 cm³/mol. The molecule has 2 aromatic rings. The van der Waals surface area contributed by atoms with Crippen molar-refractivity contribution >= 4 is 17.7 Å². The number of nitrogens with one attached hydrogen (secondary N) is 1. The average molecular weight is 385 g/mol. The van der Waals surface area contributed by atoms with Gasteiger partial charge in [-0.15, -0.1) is 0 Å². The highest BCUT2D eigenvalue weighted by atomic mass is 16.5. The Bertz CT molecular complexity index is 953. The molecular weight excluding hydrogens is 358 g/mol. The van der Waals surface area contributed by atoms with Crippen LogP contribution in [0.3, 0.4) is 0 Å². The maximum absolute atomic E-state index is 12.7. The number of ether oxygens (including phenoxy) is 2. The van der Waals surface area contributed by atoms with Crippen LogP contribution in [0.15, 0.2) is 0 Å². The van der Waals surface area contributed by atoms with E-state index in [4.69, 9.17) is 9.47 Å². The Labute approximate surface area is 165 Å². The fraction of sp³-hybridized carbons (Fsp3) is 0.409. The van der Waals surface area contributed by atoms with Gasteiger partial charge in [0.1, 0.15) is 0 Å². The fourth-order valence-corrected chi connectivity index (χ4v) is 3.52. The summed E-state index contributed by atoms with van der Waals surface area (Å²) in [7, 11) is 1.29. The third kappa shape index (κ3) is 3.59. The highest BCUT2D eigenvalue weighted by Gasteiger charge is 2.24. The first-order valence-electron chi connectivity index (χ1n) is 9.07. The van der Waals surface area contributed by atoms with Gasteiger partial charge in [0, 0.05) is 5.69 Å². The number of hydrogen-bond donors (Lipinski definition) is 1. The number of rotatable bonds is 5. The molecule has 0 aliphatic heterocycles. The van der Waals surface area contributed by atoms with Crippen LogP contribution in [-0.2, 0) is 9.47 Å². The SMILES string of the molecule is COC(=O)c1c(C)[nH]c(C(=O)COC(=O)c2c(C)c(C)c(C)c(C)c2C)c1C. The van der Waals surface area contributed by atoms with Crippen LogP contribution < -0.4 is 0 Å². The maximum Gasteiger partial charge on any atom is 0.339 e. The van der Waals surface area contributed by atoms with Gasteiger partial charge in [0.15, 0.2) is 6.61 Å². The van der Waals surface area contributed by atoms with E-state index in [9.17, 15) is 14.4 Å². The number of benzene rings is 1. The van der Waals surface area contributed by atoms with Gasteiger partial charge in [0.05, 0.1) is 23.9 Å². The summed E-state index contributed by atoms with van der Waals surface area (Å²) in [6.07, 6.45) is 0. The van der Waals surface area contributed by atoms with E-state index in [-0.39, 0.29) is 5.69 Å². The van der Waals surface area contributed by atoms with Crippen molar-refractivity contribution in [3.05, 3.63) is 55.9 Å². The van der Waals surface area contributed by atoms with Crippen LogP contribution >= 0.6 is 0 Å². The van der Waals surface area contributed by atoms with Gasteiger partial charge in [0.25, 0.3) is 0 Å². The molecule has 1 aromatic carbocycles. The Balaban J connectivity index is 2.26. The number of carbonyl (C=O) groups is 3. The molecule has 0 atom stereocenters. The summed E-state index contributed by atoms with van der Waals surface area (Å²) in [4.78, 5) is 40.0. The van der Waals surface area contributed by atoms with Gasteiger partial charge in [-0.05, 0) is 81.8 Å². The molecule has 0 aliphatic rings. The van der Waals surface area contributed by atoms with E-state index >= 15 is 0 Å². The molecule has 6 heteroatoms. The monoisotopic (exact) mass is 385 g/mol. The molecule has 28 heavy (non-hydrogen) atoms. The van der Waals surface area contributed by atoms with E-state index in [1.54, 1.807) is 13.8 Å². The second-order valence-corrected chi connectivity index (χ2v) is 7.12. The summed E-state index contributed by atoms with van der Waals surface area (Å²) >= 11 is 0. The van der Waals surface area contributed by atoms with Gasteiger partial charge >= 0.3 is 11.9 Å². The Morgan fingerprint density at radius 3 is 1.71 bits per heavy atom.